The lowest BCUT2D eigenvalue weighted by Gasteiger charge is -2.27. The minimum atomic E-state index is 0.724. The summed E-state index contributed by atoms with van der Waals surface area (Å²) in [5.74, 6) is 0. The molecule has 1 aromatic carbocycles. The van der Waals surface area contributed by atoms with Crippen molar-refractivity contribution >= 4 is 46.0 Å². The summed E-state index contributed by atoms with van der Waals surface area (Å²) in [7, 11) is 0. The molecule has 1 aliphatic rings. The zero-order valence-corrected chi connectivity index (χ0v) is 19.0. The van der Waals surface area contributed by atoms with Gasteiger partial charge in [-0.1, -0.05) is 36.6 Å². The van der Waals surface area contributed by atoms with Crippen LogP contribution in [0.3, 0.4) is 0 Å². The Labute approximate surface area is 183 Å². The second-order valence-electron chi connectivity index (χ2n) is 7.50. The molecule has 0 bridgehead atoms. The van der Waals surface area contributed by atoms with Gasteiger partial charge in [0.05, 0.1) is 6.54 Å². The van der Waals surface area contributed by atoms with Gasteiger partial charge in [0.25, 0.3) is 0 Å². The van der Waals surface area contributed by atoms with Crippen LogP contribution in [0.25, 0.3) is 0 Å². The van der Waals surface area contributed by atoms with Crippen LogP contribution >= 0.6 is 35.2 Å². The van der Waals surface area contributed by atoms with Gasteiger partial charge in [0.1, 0.15) is 0 Å². The van der Waals surface area contributed by atoms with Gasteiger partial charge < -0.3 is 15.1 Å². The van der Waals surface area contributed by atoms with E-state index in [1.165, 1.54) is 43.6 Å². The standard InChI is InChI=1S/C22H30ClN3S2/c1-18-9-10-19(23)16-21(18)24-22(27)26(17-20-8-6-15-28-20)14-7-13-25-11-4-2-3-5-12-25/h6,8-10,15-16H,2-5,7,11-14,17H2,1H3,(H,24,27). The highest BCUT2D eigenvalue weighted by molar-refractivity contribution is 7.80. The van der Waals surface area contributed by atoms with Crippen LogP contribution in [0.4, 0.5) is 5.69 Å². The fraction of sp³-hybridized carbons (Fsp3) is 0.500. The number of aryl methyl sites for hydroxylation is 1. The summed E-state index contributed by atoms with van der Waals surface area (Å²) in [4.78, 5) is 6.24. The molecule has 3 nitrogen and oxygen atoms in total. The molecule has 0 saturated carbocycles. The van der Waals surface area contributed by atoms with Crippen molar-refractivity contribution in [2.24, 2.45) is 0 Å². The van der Waals surface area contributed by atoms with Crippen LogP contribution in [0.15, 0.2) is 35.7 Å². The van der Waals surface area contributed by atoms with Crippen LogP contribution in [-0.4, -0.2) is 41.1 Å². The van der Waals surface area contributed by atoms with E-state index in [1.807, 2.05) is 18.2 Å². The fourth-order valence-electron chi connectivity index (χ4n) is 3.61. The van der Waals surface area contributed by atoms with E-state index in [1.54, 1.807) is 11.3 Å². The molecule has 1 N–H and O–H groups in total. The Morgan fingerprint density at radius 1 is 1.21 bits per heavy atom. The number of anilines is 1. The van der Waals surface area contributed by atoms with E-state index in [-0.39, 0.29) is 0 Å². The van der Waals surface area contributed by atoms with Crippen LogP contribution in [0.1, 0.15) is 42.5 Å². The maximum Gasteiger partial charge on any atom is 0.173 e. The summed E-state index contributed by atoms with van der Waals surface area (Å²) < 4.78 is 0. The Morgan fingerprint density at radius 2 is 2.00 bits per heavy atom. The first-order valence-electron chi connectivity index (χ1n) is 10.2. The zero-order valence-electron chi connectivity index (χ0n) is 16.6. The second kappa shape index (κ2) is 11.1. The highest BCUT2D eigenvalue weighted by atomic mass is 35.5. The third kappa shape index (κ3) is 6.73. The van der Waals surface area contributed by atoms with Crippen molar-refractivity contribution in [1.29, 1.82) is 0 Å². The van der Waals surface area contributed by atoms with Crippen molar-refractivity contribution in [3.05, 3.63) is 51.2 Å². The van der Waals surface area contributed by atoms with Crippen molar-refractivity contribution in [1.82, 2.24) is 9.80 Å². The molecule has 2 aromatic rings. The number of nitrogens with one attached hydrogen (secondary N) is 1. The average molecular weight is 436 g/mol. The van der Waals surface area contributed by atoms with E-state index in [9.17, 15) is 0 Å². The third-order valence-corrected chi connectivity index (χ3v) is 6.71. The van der Waals surface area contributed by atoms with Crippen LogP contribution in [0.2, 0.25) is 5.02 Å². The molecule has 1 saturated heterocycles. The first kappa shape index (κ1) is 21.6. The molecule has 0 unspecified atom stereocenters. The van der Waals surface area contributed by atoms with Gasteiger partial charge in [-0.15, -0.1) is 11.3 Å². The van der Waals surface area contributed by atoms with Crippen molar-refractivity contribution in [3.8, 4) is 0 Å². The maximum atomic E-state index is 6.18. The molecule has 0 radical (unpaired) electrons. The van der Waals surface area contributed by atoms with E-state index < -0.39 is 0 Å². The Bertz CT molecular complexity index is 740. The Kier molecular flexibility index (Phi) is 8.59. The van der Waals surface area contributed by atoms with E-state index in [0.29, 0.717) is 0 Å². The van der Waals surface area contributed by atoms with Crippen molar-refractivity contribution in [2.75, 3.05) is 31.5 Å². The molecule has 1 fully saturated rings. The molecule has 6 heteroatoms. The summed E-state index contributed by atoms with van der Waals surface area (Å²) in [6.45, 7) is 7.53. The molecule has 28 heavy (non-hydrogen) atoms. The molecule has 0 atom stereocenters. The molecule has 152 valence electrons. The van der Waals surface area contributed by atoms with Gasteiger partial charge >= 0.3 is 0 Å². The monoisotopic (exact) mass is 435 g/mol. The summed E-state index contributed by atoms with van der Waals surface area (Å²) in [6, 6.07) is 10.2. The van der Waals surface area contributed by atoms with Gasteiger partial charge in [0.2, 0.25) is 0 Å². The number of thiocarbonyl (C=S) groups is 1. The molecule has 0 amide bonds. The fourth-order valence-corrected chi connectivity index (χ4v) is 4.77. The molecule has 3 rings (SSSR count). The second-order valence-corrected chi connectivity index (χ2v) is 9.36. The zero-order chi connectivity index (χ0) is 19.8. The van der Waals surface area contributed by atoms with Crippen LogP contribution < -0.4 is 5.32 Å². The van der Waals surface area contributed by atoms with Crippen molar-refractivity contribution < 1.29 is 0 Å². The van der Waals surface area contributed by atoms with Crippen molar-refractivity contribution in [3.63, 3.8) is 0 Å². The quantitative estimate of drug-likeness (QED) is 0.523. The number of halogens is 1. The Morgan fingerprint density at radius 3 is 2.71 bits per heavy atom. The lowest BCUT2D eigenvalue weighted by Crippen LogP contribution is -2.37. The molecule has 0 spiro atoms. The van der Waals surface area contributed by atoms with Crippen LogP contribution in [0, 0.1) is 6.92 Å². The van der Waals surface area contributed by atoms with Gasteiger partial charge in [-0.3, -0.25) is 0 Å². The predicted octanol–water partition coefficient (Wildman–Crippen LogP) is 6.18. The van der Waals surface area contributed by atoms with Gasteiger partial charge in [0, 0.05) is 22.1 Å². The minimum Gasteiger partial charge on any atom is -0.344 e. The lowest BCUT2D eigenvalue weighted by molar-refractivity contribution is 0.266. The van der Waals surface area contributed by atoms with E-state index in [0.717, 1.165) is 47.4 Å². The number of benzene rings is 1. The van der Waals surface area contributed by atoms with Crippen LogP contribution in [-0.2, 0) is 6.54 Å². The Hall–Kier alpha value is -1.14. The van der Waals surface area contributed by atoms with Gasteiger partial charge in [-0.25, -0.2) is 0 Å². The number of thiophene rings is 1. The SMILES string of the molecule is Cc1ccc(Cl)cc1NC(=S)N(CCCN1CCCCCC1)Cc1cccs1. The Balaban J connectivity index is 1.60. The summed E-state index contributed by atoms with van der Waals surface area (Å²) in [5, 5.41) is 7.05. The van der Waals surface area contributed by atoms with E-state index >= 15 is 0 Å². The van der Waals surface area contributed by atoms with Gasteiger partial charge in [-0.2, -0.15) is 0 Å². The molecule has 1 aromatic heterocycles. The number of rotatable bonds is 7. The van der Waals surface area contributed by atoms with Crippen LogP contribution in [0.5, 0.6) is 0 Å². The third-order valence-electron chi connectivity index (χ3n) is 5.26. The average Bonchev–Trinajstić information content (AvgIpc) is 3.05. The summed E-state index contributed by atoms with van der Waals surface area (Å²) >= 11 is 13.7. The summed E-state index contributed by atoms with van der Waals surface area (Å²) in [5.41, 5.74) is 2.13. The smallest absolute Gasteiger partial charge is 0.173 e. The first-order valence-corrected chi connectivity index (χ1v) is 11.9. The predicted molar refractivity (Wildman–Crippen MR) is 127 cm³/mol. The highest BCUT2D eigenvalue weighted by Gasteiger charge is 2.14. The maximum absolute atomic E-state index is 6.18. The number of nitrogens with zero attached hydrogens (tertiary/aromatic N) is 2. The van der Waals surface area contributed by atoms with E-state index in [2.05, 4.69) is 39.6 Å². The highest BCUT2D eigenvalue weighted by Crippen LogP contribution is 2.21. The summed E-state index contributed by atoms with van der Waals surface area (Å²) in [6.07, 6.45) is 6.57. The molecular formula is C22H30ClN3S2. The molecule has 2 heterocycles. The van der Waals surface area contributed by atoms with Gasteiger partial charge in [0.15, 0.2) is 5.11 Å². The first-order chi connectivity index (χ1) is 13.6. The number of likely N-dealkylation sites (tertiary alicyclic amines) is 1. The normalized spacial score (nSPS) is 15.2. The molecule has 1 aliphatic heterocycles. The lowest BCUT2D eigenvalue weighted by atomic mass is 10.2. The minimum absolute atomic E-state index is 0.724. The number of hydrogen-bond donors (Lipinski definition) is 1. The topological polar surface area (TPSA) is 18.5 Å². The molecular weight excluding hydrogens is 406 g/mol. The van der Waals surface area contributed by atoms with Crippen molar-refractivity contribution in [2.45, 2.75) is 45.6 Å². The number of hydrogen-bond acceptors (Lipinski definition) is 3. The molecule has 0 aliphatic carbocycles. The largest absolute Gasteiger partial charge is 0.344 e. The van der Waals surface area contributed by atoms with E-state index in [4.69, 9.17) is 23.8 Å². The van der Waals surface area contributed by atoms with Gasteiger partial charge in [-0.05, 0) is 87.2 Å².